The third-order valence-electron chi connectivity index (χ3n) is 5.14. The summed E-state index contributed by atoms with van der Waals surface area (Å²) in [5.74, 6) is -1.34. The Morgan fingerprint density at radius 1 is 1.00 bits per heavy atom. The van der Waals surface area contributed by atoms with Crippen molar-refractivity contribution in [2.75, 3.05) is 4.90 Å². The smallest absolute Gasteiger partial charge is 0.296 e. The van der Waals surface area contributed by atoms with Crippen molar-refractivity contribution in [2.45, 2.75) is 6.04 Å². The van der Waals surface area contributed by atoms with Crippen molar-refractivity contribution in [3.8, 4) is 0 Å². The number of anilines is 1. The van der Waals surface area contributed by atoms with E-state index in [2.05, 4.69) is 20.9 Å². The van der Waals surface area contributed by atoms with Crippen LogP contribution >= 0.6 is 27.3 Å². The maximum absolute atomic E-state index is 13.6. The van der Waals surface area contributed by atoms with Crippen LogP contribution in [0.25, 0.3) is 15.8 Å². The fourth-order valence-corrected chi connectivity index (χ4v) is 5.04. The van der Waals surface area contributed by atoms with Crippen LogP contribution in [0.5, 0.6) is 0 Å². The topological polar surface area (TPSA) is 70.5 Å². The van der Waals surface area contributed by atoms with Gasteiger partial charge in [0, 0.05) is 15.6 Å². The van der Waals surface area contributed by atoms with Crippen LogP contribution in [-0.2, 0) is 4.79 Å². The van der Waals surface area contributed by atoms with Crippen LogP contribution in [0.2, 0.25) is 0 Å². The van der Waals surface area contributed by atoms with Crippen LogP contribution in [0, 0.1) is 0 Å². The van der Waals surface area contributed by atoms with E-state index in [1.165, 1.54) is 16.2 Å². The van der Waals surface area contributed by atoms with E-state index < -0.39 is 17.7 Å². The summed E-state index contributed by atoms with van der Waals surface area (Å²) in [6, 6.07) is 22.4. The van der Waals surface area contributed by atoms with Crippen LogP contribution in [0.4, 0.5) is 5.13 Å². The molecule has 0 saturated carbocycles. The van der Waals surface area contributed by atoms with Crippen LogP contribution in [-0.4, -0.2) is 27.8 Å². The van der Waals surface area contributed by atoms with Gasteiger partial charge < -0.3 is 5.11 Å². The molecule has 1 aliphatic rings. The number of halogens is 1. The van der Waals surface area contributed by atoms with E-state index in [-0.39, 0.29) is 5.78 Å². The average Bonchev–Trinajstić information content (AvgIpc) is 3.32. The molecule has 1 unspecified atom stereocenters. The number of aliphatic hydroxyl groups excluding tert-OH is 1. The van der Waals surface area contributed by atoms with Crippen LogP contribution in [0.3, 0.4) is 0 Å². The Kier molecular flexibility index (Phi) is 4.92. The minimum atomic E-state index is -1.01. The molecule has 0 fully saturated rings. The number of hydrogen-bond acceptors (Lipinski definition) is 5. The number of thiazole rings is 1. The number of aromatic nitrogens is 1. The average molecular weight is 491 g/mol. The summed E-state index contributed by atoms with van der Waals surface area (Å²) in [6.07, 6.45) is 0. The highest BCUT2D eigenvalue weighted by Crippen LogP contribution is 2.40. The Morgan fingerprint density at radius 3 is 2.39 bits per heavy atom. The van der Waals surface area contributed by atoms with Gasteiger partial charge in [-0.3, -0.25) is 14.5 Å². The van der Waals surface area contributed by atoms with Crippen molar-refractivity contribution < 1.29 is 14.7 Å². The van der Waals surface area contributed by atoms with Crippen LogP contribution < -0.4 is 4.90 Å². The summed E-state index contributed by atoms with van der Waals surface area (Å²) in [5.41, 5.74) is 2.08. The second-order valence-corrected chi connectivity index (χ2v) is 8.97. The molecule has 1 amide bonds. The minimum Gasteiger partial charge on any atom is -0.503 e. The van der Waals surface area contributed by atoms with E-state index >= 15 is 0 Å². The molecule has 4 aromatic rings. The first-order valence-corrected chi connectivity index (χ1v) is 11.1. The predicted octanol–water partition coefficient (Wildman–Crippen LogP) is 5.63. The predicted molar refractivity (Wildman–Crippen MR) is 125 cm³/mol. The van der Waals surface area contributed by atoms with Crippen molar-refractivity contribution in [2.24, 2.45) is 0 Å². The molecule has 2 heterocycles. The molecule has 0 radical (unpaired) electrons. The quantitative estimate of drug-likeness (QED) is 0.376. The third-order valence-corrected chi connectivity index (χ3v) is 6.67. The Morgan fingerprint density at radius 2 is 1.68 bits per heavy atom. The van der Waals surface area contributed by atoms with Gasteiger partial charge in [0.05, 0.1) is 10.2 Å². The zero-order valence-corrected chi connectivity index (χ0v) is 18.4. The van der Waals surface area contributed by atoms with Gasteiger partial charge in [-0.1, -0.05) is 87.9 Å². The lowest BCUT2D eigenvalue weighted by Crippen LogP contribution is -2.41. The molecule has 1 aliphatic heterocycles. The Hall–Kier alpha value is -3.29. The number of carbonyl (C=O) groups excluding carboxylic acids is 2. The van der Waals surface area contributed by atoms with Gasteiger partial charge in [-0.2, -0.15) is 0 Å². The molecule has 1 atom stereocenters. The monoisotopic (exact) mass is 490 g/mol. The zero-order chi connectivity index (χ0) is 21.5. The fourth-order valence-electron chi connectivity index (χ4n) is 3.71. The van der Waals surface area contributed by atoms with Gasteiger partial charge in [0.15, 0.2) is 16.7 Å². The standard InChI is InChI=1S/C24H15BrN2O3S/c25-16-11-12-18-17(13-16)26-24(31-18)27-20(21(28)15-9-5-2-6-10-15)19(22(29)23(27)30)14-7-3-1-4-8-14/h1-13,20,29H. The largest absolute Gasteiger partial charge is 0.503 e. The van der Waals surface area contributed by atoms with E-state index in [0.717, 1.165) is 9.17 Å². The molecule has 5 nitrogen and oxygen atoms in total. The van der Waals surface area contributed by atoms with Gasteiger partial charge in [0.25, 0.3) is 5.91 Å². The van der Waals surface area contributed by atoms with E-state index in [0.29, 0.717) is 27.3 Å². The van der Waals surface area contributed by atoms with Crippen LogP contribution in [0.15, 0.2) is 89.1 Å². The fraction of sp³-hybridized carbons (Fsp3) is 0.0417. The van der Waals surface area contributed by atoms with E-state index in [9.17, 15) is 14.7 Å². The van der Waals surface area contributed by atoms with Gasteiger partial charge in [0.1, 0.15) is 6.04 Å². The molecule has 5 rings (SSSR count). The number of amides is 1. The molecule has 0 bridgehead atoms. The van der Waals surface area contributed by atoms with Gasteiger partial charge >= 0.3 is 0 Å². The maximum Gasteiger partial charge on any atom is 0.296 e. The molecule has 1 N–H and O–H groups in total. The first-order valence-electron chi connectivity index (χ1n) is 9.52. The highest BCUT2D eigenvalue weighted by molar-refractivity contribution is 9.10. The SMILES string of the molecule is O=C(c1ccccc1)C1C(c2ccccc2)=C(O)C(=O)N1c1nc2cc(Br)ccc2s1. The van der Waals surface area contributed by atoms with Crippen LogP contribution in [0.1, 0.15) is 15.9 Å². The van der Waals surface area contributed by atoms with Crippen molar-refractivity contribution in [1.82, 2.24) is 4.98 Å². The number of carbonyl (C=O) groups is 2. The maximum atomic E-state index is 13.6. The van der Waals surface area contributed by atoms with Gasteiger partial charge in [0.2, 0.25) is 0 Å². The molecule has 152 valence electrons. The Labute approximate surface area is 190 Å². The Bertz CT molecular complexity index is 1350. The summed E-state index contributed by atoms with van der Waals surface area (Å²) >= 11 is 4.74. The first kappa shape index (κ1) is 19.7. The highest BCUT2D eigenvalue weighted by Gasteiger charge is 2.46. The number of ketones is 1. The summed E-state index contributed by atoms with van der Waals surface area (Å²) in [5, 5.41) is 11.2. The molecule has 0 aliphatic carbocycles. The van der Waals surface area contributed by atoms with Crippen molar-refractivity contribution in [3.63, 3.8) is 0 Å². The lowest BCUT2D eigenvalue weighted by atomic mass is 9.93. The van der Waals surface area contributed by atoms with Crippen molar-refractivity contribution in [1.29, 1.82) is 0 Å². The number of Topliss-reactive ketones (excluding diaryl/α,β-unsaturated/α-hetero) is 1. The number of aliphatic hydroxyl groups is 1. The van der Waals surface area contributed by atoms with Gasteiger partial charge in [-0.25, -0.2) is 4.98 Å². The first-order chi connectivity index (χ1) is 15.0. The van der Waals surface area contributed by atoms with Crippen molar-refractivity contribution in [3.05, 3.63) is 100 Å². The summed E-state index contributed by atoms with van der Waals surface area (Å²) in [4.78, 5) is 32.7. The summed E-state index contributed by atoms with van der Waals surface area (Å²) in [7, 11) is 0. The number of benzene rings is 3. The van der Waals surface area contributed by atoms with Gasteiger partial charge in [-0.05, 0) is 23.8 Å². The molecule has 3 aromatic carbocycles. The number of nitrogens with zero attached hydrogens (tertiary/aromatic N) is 2. The molecular weight excluding hydrogens is 476 g/mol. The Balaban J connectivity index is 1.69. The second-order valence-electron chi connectivity index (χ2n) is 7.04. The zero-order valence-electron chi connectivity index (χ0n) is 16.0. The summed E-state index contributed by atoms with van der Waals surface area (Å²) < 4.78 is 1.75. The normalized spacial score (nSPS) is 16.4. The molecular formula is C24H15BrN2O3S. The number of fused-ring (bicyclic) bond motifs is 1. The molecule has 0 saturated heterocycles. The van der Waals surface area contributed by atoms with E-state index in [1.807, 2.05) is 42.5 Å². The van der Waals surface area contributed by atoms with Crippen molar-refractivity contribution >= 4 is 59.9 Å². The number of hydrogen-bond donors (Lipinski definition) is 1. The van der Waals surface area contributed by atoms with Gasteiger partial charge in [-0.15, -0.1) is 0 Å². The molecule has 0 spiro atoms. The molecule has 1 aromatic heterocycles. The lowest BCUT2D eigenvalue weighted by molar-refractivity contribution is -0.116. The number of rotatable bonds is 4. The summed E-state index contributed by atoms with van der Waals surface area (Å²) in [6.45, 7) is 0. The van der Waals surface area contributed by atoms with E-state index in [4.69, 9.17) is 0 Å². The third kappa shape index (κ3) is 3.36. The minimum absolute atomic E-state index is 0.280. The highest BCUT2D eigenvalue weighted by atomic mass is 79.9. The lowest BCUT2D eigenvalue weighted by Gasteiger charge is -2.23. The van der Waals surface area contributed by atoms with E-state index in [1.54, 1.807) is 36.4 Å². The second kappa shape index (κ2) is 7.76. The molecule has 7 heteroatoms. The molecule has 31 heavy (non-hydrogen) atoms.